The van der Waals surface area contributed by atoms with Crippen LogP contribution in [0.15, 0.2) is 30.3 Å². The summed E-state index contributed by atoms with van der Waals surface area (Å²) in [5.74, 6) is 0.711. The number of aromatic nitrogens is 2. The molecule has 22 heavy (non-hydrogen) atoms. The summed E-state index contributed by atoms with van der Waals surface area (Å²) >= 11 is 0. The molecule has 1 aliphatic rings. The van der Waals surface area contributed by atoms with Gasteiger partial charge in [-0.25, -0.2) is 4.98 Å². The normalized spacial score (nSPS) is 16.0. The lowest BCUT2D eigenvalue weighted by atomic mass is 10.2. The minimum absolute atomic E-state index is 0.237. The highest BCUT2D eigenvalue weighted by Crippen LogP contribution is 2.26. The van der Waals surface area contributed by atoms with Crippen molar-refractivity contribution in [3.8, 4) is 0 Å². The lowest BCUT2D eigenvalue weighted by Crippen LogP contribution is -2.46. The maximum Gasteiger partial charge on any atom is 0.222 e. The van der Waals surface area contributed by atoms with Gasteiger partial charge in [-0.1, -0.05) is 30.3 Å². The van der Waals surface area contributed by atoms with E-state index in [1.165, 1.54) is 5.56 Å². The van der Waals surface area contributed by atoms with Crippen LogP contribution in [0.2, 0.25) is 0 Å². The summed E-state index contributed by atoms with van der Waals surface area (Å²) in [5, 5.41) is 0. The molecule has 6 nitrogen and oxygen atoms in total. The van der Waals surface area contributed by atoms with Crippen LogP contribution in [0, 0.1) is 6.92 Å². The molecule has 3 rings (SSSR count). The number of hydrogen-bond acceptors (Lipinski definition) is 6. The highest BCUT2D eigenvalue weighted by atomic mass is 15.3. The highest BCUT2D eigenvalue weighted by molar-refractivity contribution is 5.67. The molecule has 1 aromatic carbocycles. The Balaban J connectivity index is 1.65. The first-order valence-electron chi connectivity index (χ1n) is 7.54. The van der Waals surface area contributed by atoms with E-state index >= 15 is 0 Å². The summed E-state index contributed by atoms with van der Waals surface area (Å²) in [6.07, 6.45) is 0. The third-order valence-corrected chi connectivity index (χ3v) is 4.04. The Hall–Kier alpha value is -2.34. The van der Waals surface area contributed by atoms with Crippen LogP contribution in [-0.2, 0) is 6.54 Å². The minimum atomic E-state index is 0.237. The fourth-order valence-corrected chi connectivity index (χ4v) is 2.97. The fraction of sp³-hybridized carbons (Fsp3) is 0.375. The zero-order chi connectivity index (χ0) is 15.5. The predicted octanol–water partition coefficient (Wildman–Crippen LogP) is 1.27. The summed E-state index contributed by atoms with van der Waals surface area (Å²) in [4.78, 5) is 13.0. The predicted molar refractivity (Wildman–Crippen MR) is 89.5 cm³/mol. The average Bonchev–Trinajstić information content (AvgIpc) is 2.49. The quantitative estimate of drug-likeness (QED) is 0.888. The largest absolute Gasteiger partial charge is 0.382 e. The van der Waals surface area contributed by atoms with Crippen LogP contribution in [0.4, 0.5) is 17.5 Å². The lowest BCUT2D eigenvalue weighted by molar-refractivity contribution is 0.250. The number of rotatable bonds is 3. The van der Waals surface area contributed by atoms with Gasteiger partial charge in [0.05, 0.1) is 5.69 Å². The summed E-state index contributed by atoms with van der Waals surface area (Å²) in [6.45, 7) is 6.76. The van der Waals surface area contributed by atoms with Crippen LogP contribution in [-0.4, -0.2) is 41.0 Å². The maximum atomic E-state index is 6.02. The summed E-state index contributed by atoms with van der Waals surface area (Å²) in [7, 11) is 0. The first-order valence-corrected chi connectivity index (χ1v) is 7.54. The third-order valence-electron chi connectivity index (χ3n) is 4.04. The van der Waals surface area contributed by atoms with E-state index in [2.05, 4.69) is 44.0 Å². The van der Waals surface area contributed by atoms with E-state index in [4.69, 9.17) is 11.5 Å². The maximum absolute atomic E-state index is 6.02. The van der Waals surface area contributed by atoms with Gasteiger partial charge in [-0.15, -0.1) is 0 Å². The molecule has 0 aliphatic carbocycles. The lowest BCUT2D eigenvalue weighted by Gasteiger charge is -2.36. The molecular formula is C16H22N6. The van der Waals surface area contributed by atoms with Gasteiger partial charge in [0.25, 0.3) is 0 Å². The number of piperazine rings is 1. The third kappa shape index (κ3) is 3.12. The standard InChI is InChI=1S/C16H22N6/c1-12-14(15(17)20-16(18)19-12)22-9-7-21(8-10-22)11-13-5-3-2-4-6-13/h2-6H,7-11H2,1H3,(H4,17,18,19,20). The van der Waals surface area contributed by atoms with E-state index in [0.717, 1.165) is 44.1 Å². The van der Waals surface area contributed by atoms with Crippen LogP contribution in [0.25, 0.3) is 0 Å². The second kappa shape index (κ2) is 6.19. The number of nitrogen functional groups attached to an aromatic ring is 2. The zero-order valence-corrected chi connectivity index (χ0v) is 12.9. The first-order chi connectivity index (χ1) is 10.6. The summed E-state index contributed by atoms with van der Waals surface area (Å²) in [6, 6.07) is 10.6. The van der Waals surface area contributed by atoms with E-state index in [1.807, 2.05) is 13.0 Å². The van der Waals surface area contributed by atoms with Gasteiger partial charge in [-0.05, 0) is 12.5 Å². The van der Waals surface area contributed by atoms with E-state index in [0.29, 0.717) is 5.82 Å². The molecule has 0 saturated carbocycles. The molecule has 0 unspecified atom stereocenters. The Labute approximate surface area is 130 Å². The number of hydrogen-bond donors (Lipinski definition) is 2. The summed E-state index contributed by atoms with van der Waals surface area (Å²) in [5.41, 5.74) is 14.8. The Bertz CT molecular complexity index is 611. The van der Waals surface area contributed by atoms with Gasteiger partial charge < -0.3 is 16.4 Å². The SMILES string of the molecule is Cc1nc(N)nc(N)c1N1CCN(Cc2ccccc2)CC1. The molecule has 1 aromatic heterocycles. The molecule has 1 fully saturated rings. The smallest absolute Gasteiger partial charge is 0.222 e. The summed E-state index contributed by atoms with van der Waals surface area (Å²) < 4.78 is 0. The Kier molecular flexibility index (Phi) is 4.11. The topological polar surface area (TPSA) is 84.3 Å². The van der Waals surface area contributed by atoms with E-state index in [-0.39, 0.29) is 5.95 Å². The highest BCUT2D eigenvalue weighted by Gasteiger charge is 2.21. The van der Waals surface area contributed by atoms with Crippen LogP contribution in [0.1, 0.15) is 11.3 Å². The minimum Gasteiger partial charge on any atom is -0.382 e. The van der Waals surface area contributed by atoms with Gasteiger partial charge >= 0.3 is 0 Å². The van der Waals surface area contributed by atoms with Crippen LogP contribution < -0.4 is 16.4 Å². The van der Waals surface area contributed by atoms with Crippen LogP contribution in [0.3, 0.4) is 0 Å². The van der Waals surface area contributed by atoms with Crippen molar-refractivity contribution in [3.05, 3.63) is 41.6 Å². The molecule has 0 spiro atoms. The molecule has 0 atom stereocenters. The van der Waals surface area contributed by atoms with Gasteiger partial charge in [-0.2, -0.15) is 4.98 Å². The second-order valence-corrected chi connectivity index (χ2v) is 5.65. The van der Waals surface area contributed by atoms with Crippen LogP contribution >= 0.6 is 0 Å². The fourth-order valence-electron chi connectivity index (χ4n) is 2.97. The van der Waals surface area contributed by atoms with Gasteiger partial charge in [-0.3, -0.25) is 4.90 Å². The van der Waals surface area contributed by atoms with E-state index < -0.39 is 0 Å². The van der Waals surface area contributed by atoms with Crippen molar-refractivity contribution < 1.29 is 0 Å². The monoisotopic (exact) mass is 298 g/mol. The van der Waals surface area contributed by atoms with Crippen molar-refractivity contribution in [1.82, 2.24) is 14.9 Å². The van der Waals surface area contributed by atoms with Gasteiger partial charge in [0.15, 0.2) is 5.82 Å². The first kappa shape index (κ1) is 14.6. The number of aryl methyl sites for hydroxylation is 1. The van der Waals surface area contributed by atoms with Crippen molar-refractivity contribution in [2.45, 2.75) is 13.5 Å². The van der Waals surface area contributed by atoms with Gasteiger partial charge in [0, 0.05) is 32.7 Å². The van der Waals surface area contributed by atoms with Crippen molar-refractivity contribution >= 4 is 17.5 Å². The molecular weight excluding hydrogens is 276 g/mol. The number of benzene rings is 1. The Morgan fingerprint density at radius 1 is 1.00 bits per heavy atom. The molecule has 6 heteroatoms. The molecule has 2 aromatic rings. The molecule has 2 heterocycles. The second-order valence-electron chi connectivity index (χ2n) is 5.65. The van der Waals surface area contributed by atoms with Crippen LogP contribution in [0.5, 0.6) is 0 Å². The molecule has 4 N–H and O–H groups in total. The molecule has 0 amide bonds. The number of nitrogens with two attached hydrogens (primary N) is 2. The Morgan fingerprint density at radius 3 is 2.32 bits per heavy atom. The van der Waals surface area contributed by atoms with E-state index in [9.17, 15) is 0 Å². The molecule has 1 saturated heterocycles. The zero-order valence-electron chi connectivity index (χ0n) is 12.9. The molecule has 0 radical (unpaired) electrons. The molecule has 1 aliphatic heterocycles. The Morgan fingerprint density at radius 2 is 1.68 bits per heavy atom. The van der Waals surface area contributed by atoms with Gasteiger partial charge in [0.1, 0.15) is 5.69 Å². The van der Waals surface area contributed by atoms with Crippen molar-refractivity contribution in [2.75, 3.05) is 42.5 Å². The van der Waals surface area contributed by atoms with E-state index in [1.54, 1.807) is 0 Å². The molecule has 116 valence electrons. The van der Waals surface area contributed by atoms with Crippen molar-refractivity contribution in [1.29, 1.82) is 0 Å². The average molecular weight is 298 g/mol. The molecule has 0 bridgehead atoms. The van der Waals surface area contributed by atoms with Crippen molar-refractivity contribution in [3.63, 3.8) is 0 Å². The van der Waals surface area contributed by atoms with Gasteiger partial charge in [0.2, 0.25) is 5.95 Å². The number of nitrogens with zero attached hydrogens (tertiary/aromatic N) is 4. The number of anilines is 3. The van der Waals surface area contributed by atoms with Crippen molar-refractivity contribution in [2.24, 2.45) is 0 Å².